The van der Waals surface area contributed by atoms with Crippen LogP contribution in [0.15, 0.2) is 91.0 Å². The zero-order chi connectivity index (χ0) is 33.0. The Morgan fingerprint density at radius 1 is 0.870 bits per heavy atom. The molecule has 0 radical (unpaired) electrons. The Morgan fingerprint density at radius 3 is 2.07 bits per heavy atom. The minimum absolute atomic E-state index is 0.176. The molecule has 0 bridgehead atoms. The van der Waals surface area contributed by atoms with E-state index in [4.69, 9.17) is 21.1 Å². The fraction of sp³-hybridized carbons (Fsp3) is 0.270. The molecular formula is C37H37ClN2O6. The molecule has 1 fully saturated rings. The van der Waals surface area contributed by atoms with Crippen LogP contribution in [0.3, 0.4) is 0 Å². The first kappa shape index (κ1) is 32.7. The van der Waals surface area contributed by atoms with Gasteiger partial charge in [0.05, 0.1) is 18.6 Å². The molecule has 4 atom stereocenters. The molecule has 3 N–H and O–H groups in total. The fourth-order valence-corrected chi connectivity index (χ4v) is 6.31. The number of benzene rings is 4. The van der Waals surface area contributed by atoms with Gasteiger partial charge < -0.3 is 25.2 Å². The lowest BCUT2D eigenvalue weighted by Gasteiger charge is -2.44. The Labute approximate surface area is 273 Å². The van der Waals surface area contributed by atoms with Crippen molar-refractivity contribution in [1.82, 2.24) is 0 Å². The summed E-state index contributed by atoms with van der Waals surface area (Å²) in [6.07, 6.45) is -0.378. The number of hydrogen-bond acceptors (Lipinski definition) is 6. The Kier molecular flexibility index (Phi) is 9.79. The van der Waals surface area contributed by atoms with Crippen LogP contribution in [-0.2, 0) is 21.0 Å². The van der Waals surface area contributed by atoms with Gasteiger partial charge in [-0.05, 0) is 67.8 Å². The molecule has 2 amide bonds. The molecule has 4 aromatic rings. The number of halogens is 1. The molecule has 8 nitrogen and oxygen atoms in total. The number of rotatable bonds is 9. The third-order valence-electron chi connectivity index (χ3n) is 8.55. The molecule has 0 heterocycles. The zero-order valence-corrected chi connectivity index (χ0v) is 26.9. The topological polar surface area (TPSA) is 114 Å². The van der Waals surface area contributed by atoms with Crippen molar-refractivity contribution >= 4 is 40.6 Å². The molecule has 0 spiro atoms. The van der Waals surface area contributed by atoms with Crippen LogP contribution in [0.1, 0.15) is 41.5 Å². The lowest BCUT2D eigenvalue weighted by Crippen LogP contribution is -2.56. The number of hydrogen-bond donors (Lipinski definition) is 3. The van der Waals surface area contributed by atoms with Crippen molar-refractivity contribution in [3.63, 3.8) is 0 Å². The number of ether oxygens (including phenoxy) is 2. The monoisotopic (exact) mass is 640 g/mol. The lowest BCUT2D eigenvalue weighted by molar-refractivity contribution is -0.150. The van der Waals surface area contributed by atoms with E-state index >= 15 is 0 Å². The van der Waals surface area contributed by atoms with Gasteiger partial charge in [-0.15, -0.1) is 0 Å². The molecule has 4 unspecified atom stereocenters. The van der Waals surface area contributed by atoms with Crippen LogP contribution in [0.4, 0.5) is 11.4 Å². The minimum atomic E-state index is -1.76. The zero-order valence-electron chi connectivity index (χ0n) is 26.2. The summed E-state index contributed by atoms with van der Waals surface area (Å²) in [6.45, 7) is 5.36. The van der Waals surface area contributed by atoms with Crippen LogP contribution in [-0.4, -0.2) is 35.4 Å². The number of aliphatic hydroxyl groups is 1. The van der Waals surface area contributed by atoms with Gasteiger partial charge in [-0.2, -0.15) is 0 Å². The van der Waals surface area contributed by atoms with E-state index < -0.39 is 41.0 Å². The van der Waals surface area contributed by atoms with Crippen LogP contribution >= 0.6 is 11.6 Å². The quantitative estimate of drug-likeness (QED) is 0.172. The van der Waals surface area contributed by atoms with Crippen LogP contribution in [0.5, 0.6) is 11.5 Å². The second-order valence-corrected chi connectivity index (χ2v) is 12.3. The number of methoxy groups -OCH3 is 1. The van der Waals surface area contributed by atoms with Gasteiger partial charge in [0.2, 0.25) is 11.8 Å². The van der Waals surface area contributed by atoms with Gasteiger partial charge in [0.25, 0.3) is 0 Å². The van der Waals surface area contributed by atoms with E-state index in [1.165, 1.54) is 14.0 Å². The molecule has 1 saturated carbocycles. The largest absolute Gasteiger partial charge is 0.493 e. The molecule has 46 heavy (non-hydrogen) atoms. The second-order valence-electron chi connectivity index (χ2n) is 11.9. The predicted octanol–water partition coefficient (Wildman–Crippen LogP) is 6.86. The van der Waals surface area contributed by atoms with Crippen LogP contribution in [0.25, 0.3) is 0 Å². The maximum absolute atomic E-state index is 14.1. The predicted molar refractivity (Wildman–Crippen MR) is 178 cm³/mol. The Balaban J connectivity index is 1.57. The first-order chi connectivity index (χ1) is 22.0. The molecule has 9 heteroatoms. The van der Waals surface area contributed by atoms with Crippen molar-refractivity contribution in [3.05, 3.63) is 118 Å². The summed E-state index contributed by atoms with van der Waals surface area (Å²) in [4.78, 5) is 41.9. The Bertz CT molecular complexity index is 1770. The third-order valence-corrected chi connectivity index (χ3v) is 8.92. The highest BCUT2D eigenvalue weighted by molar-refractivity contribution is 6.31. The van der Waals surface area contributed by atoms with Crippen molar-refractivity contribution in [3.8, 4) is 11.5 Å². The second kappa shape index (κ2) is 13.8. The maximum atomic E-state index is 14.1. The molecule has 0 saturated heterocycles. The first-order valence-electron chi connectivity index (χ1n) is 15.0. The van der Waals surface area contributed by atoms with E-state index in [0.29, 0.717) is 33.5 Å². The van der Waals surface area contributed by atoms with Gasteiger partial charge in [-0.25, -0.2) is 0 Å². The number of carbonyl (C=O) groups is 3. The standard InChI is InChI=1S/C37H37ClN2O6/c1-22-11-5-9-15-27(22)39-35(42)33-29(41)20-37(3,44)34(36(43)40-28-16-10-6-12-23(28)2)32(33)24-17-18-30(31(19-24)45-4)46-21-25-13-7-8-14-26(25)38/h5-19,32-34,44H,20-21H2,1-4H3,(H,39,42)(H,40,43). The number of para-hydroxylation sites is 2. The van der Waals surface area contributed by atoms with Crippen LogP contribution in [0, 0.1) is 25.7 Å². The van der Waals surface area contributed by atoms with Crippen molar-refractivity contribution in [2.24, 2.45) is 11.8 Å². The minimum Gasteiger partial charge on any atom is -0.493 e. The number of carbonyl (C=O) groups excluding carboxylic acids is 3. The summed E-state index contributed by atoms with van der Waals surface area (Å²) in [7, 11) is 1.48. The van der Waals surface area contributed by atoms with Crippen LogP contribution in [0.2, 0.25) is 5.02 Å². The van der Waals surface area contributed by atoms with E-state index in [2.05, 4.69) is 10.6 Å². The van der Waals surface area contributed by atoms with E-state index in [9.17, 15) is 19.5 Å². The number of Topliss-reactive ketones (excluding diaryl/α,β-unsaturated/α-hetero) is 1. The number of ketones is 1. The summed E-state index contributed by atoms with van der Waals surface area (Å²) in [5.41, 5.74) is 2.25. The Morgan fingerprint density at radius 2 is 1.46 bits per heavy atom. The molecule has 0 aliphatic heterocycles. The highest BCUT2D eigenvalue weighted by Crippen LogP contribution is 2.48. The number of aryl methyl sites for hydroxylation is 2. The smallest absolute Gasteiger partial charge is 0.235 e. The van der Waals surface area contributed by atoms with Crippen LogP contribution < -0.4 is 20.1 Å². The average molecular weight is 641 g/mol. The van der Waals surface area contributed by atoms with E-state index in [0.717, 1.165) is 16.7 Å². The normalized spacial score (nSPS) is 20.9. The van der Waals surface area contributed by atoms with Gasteiger partial charge in [-0.3, -0.25) is 14.4 Å². The summed E-state index contributed by atoms with van der Waals surface area (Å²) >= 11 is 6.32. The van der Waals surface area contributed by atoms with E-state index in [-0.39, 0.29) is 13.0 Å². The lowest BCUT2D eigenvalue weighted by atomic mass is 9.61. The third kappa shape index (κ3) is 6.93. The Hall–Kier alpha value is -4.66. The number of anilines is 2. The van der Waals surface area contributed by atoms with Gasteiger partial charge in [0.1, 0.15) is 18.3 Å². The first-order valence-corrected chi connectivity index (χ1v) is 15.4. The summed E-state index contributed by atoms with van der Waals surface area (Å²) in [5.74, 6) is -4.32. The highest BCUT2D eigenvalue weighted by Gasteiger charge is 2.56. The number of nitrogens with one attached hydrogen (secondary N) is 2. The van der Waals surface area contributed by atoms with Crippen molar-refractivity contribution in [1.29, 1.82) is 0 Å². The molecule has 238 valence electrons. The van der Waals surface area contributed by atoms with Crippen molar-refractivity contribution in [2.75, 3.05) is 17.7 Å². The maximum Gasteiger partial charge on any atom is 0.235 e. The van der Waals surface area contributed by atoms with Crippen molar-refractivity contribution < 1.29 is 29.0 Å². The fourth-order valence-electron chi connectivity index (χ4n) is 6.12. The highest BCUT2D eigenvalue weighted by atomic mass is 35.5. The SMILES string of the molecule is COc1cc(C2C(C(=O)Nc3ccccc3C)C(=O)CC(C)(O)C2C(=O)Nc2ccccc2C)ccc1OCc1ccccc1Cl. The van der Waals surface area contributed by atoms with Gasteiger partial charge >= 0.3 is 0 Å². The van der Waals surface area contributed by atoms with E-state index in [1.807, 2.05) is 56.3 Å². The van der Waals surface area contributed by atoms with Gasteiger partial charge in [0, 0.05) is 34.3 Å². The summed E-state index contributed by atoms with van der Waals surface area (Å²) in [6, 6.07) is 26.9. The van der Waals surface area contributed by atoms with Gasteiger partial charge in [0.15, 0.2) is 11.5 Å². The molecular weight excluding hydrogens is 604 g/mol. The van der Waals surface area contributed by atoms with Crippen molar-refractivity contribution in [2.45, 2.75) is 45.3 Å². The molecule has 1 aliphatic carbocycles. The van der Waals surface area contributed by atoms with E-state index in [1.54, 1.807) is 48.5 Å². The average Bonchev–Trinajstić information content (AvgIpc) is 3.02. The molecule has 0 aromatic heterocycles. The summed E-state index contributed by atoms with van der Waals surface area (Å²) < 4.78 is 11.7. The molecule has 4 aromatic carbocycles. The summed E-state index contributed by atoms with van der Waals surface area (Å²) in [5, 5.41) is 18.1. The molecule has 1 aliphatic rings. The molecule has 5 rings (SSSR count). The number of amides is 2. The van der Waals surface area contributed by atoms with Gasteiger partial charge in [-0.1, -0.05) is 72.3 Å².